The molecule has 0 aliphatic heterocycles. The molecule has 0 unspecified atom stereocenters. The van der Waals surface area contributed by atoms with Crippen LogP contribution in [0.2, 0.25) is 0 Å². The van der Waals surface area contributed by atoms with Crippen molar-refractivity contribution in [1.82, 2.24) is 0 Å². The molecule has 1 aromatic heterocycles. The normalized spacial score (nSPS) is 11.7. The average molecular weight is 451 g/mol. The molecule has 0 spiro atoms. The van der Waals surface area contributed by atoms with Crippen LogP contribution in [-0.4, -0.2) is 27.1 Å². The SMILES string of the molecule is Cc1ccc(C)c(N(CCCC(=O)Nc2ccc3c(c2)oc2ccccc23)S(C)(=O)=O)c1. The number of carbonyl (C=O) groups is 1. The zero-order valence-electron chi connectivity index (χ0n) is 18.4. The van der Waals surface area contributed by atoms with E-state index in [1.165, 1.54) is 10.6 Å². The van der Waals surface area contributed by atoms with Gasteiger partial charge in [-0.25, -0.2) is 8.42 Å². The molecule has 0 aliphatic carbocycles. The Morgan fingerprint density at radius 3 is 2.50 bits per heavy atom. The fourth-order valence-corrected chi connectivity index (χ4v) is 4.88. The number of hydrogen-bond donors (Lipinski definition) is 1. The van der Waals surface area contributed by atoms with Crippen molar-refractivity contribution in [3.05, 3.63) is 71.8 Å². The number of sulfonamides is 1. The van der Waals surface area contributed by atoms with Gasteiger partial charge in [0.2, 0.25) is 15.9 Å². The number of aryl methyl sites for hydroxylation is 2. The first-order valence-electron chi connectivity index (χ1n) is 10.5. The third kappa shape index (κ3) is 4.62. The highest BCUT2D eigenvalue weighted by atomic mass is 32.2. The summed E-state index contributed by atoms with van der Waals surface area (Å²) in [4.78, 5) is 12.5. The lowest BCUT2D eigenvalue weighted by atomic mass is 10.1. The van der Waals surface area contributed by atoms with Crippen LogP contribution in [0.15, 0.2) is 65.1 Å². The fourth-order valence-electron chi connectivity index (χ4n) is 3.86. The molecule has 6 nitrogen and oxygen atoms in total. The zero-order valence-corrected chi connectivity index (χ0v) is 19.2. The van der Waals surface area contributed by atoms with Gasteiger partial charge in [0, 0.05) is 35.5 Å². The summed E-state index contributed by atoms with van der Waals surface area (Å²) in [5.41, 5.74) is 4.68. The highest BCUT2D eigenvalue weighted by Gasteiger charge is 2.19. The highest BCUT2D eigenvalue weighted by molar-refractivity contribution is 7.92. The Bertz CT molecular complexity index is 1410. The monoisotopic (exact) mass is 450 g/mol. The number of anilines is 2. The standard InChI is InChI=1S/C25H26N2O4S/c1-17-10-11-18(2)22(15-17)27(32(3,29)30)14-6-9-25(28)26-19-12-13-21-20-7-4-5-8-23(20)31-24(21)16-19/h4-5,7-8,10-13,15-16H,6,9,14H2,1-3H3,(H,26,28). The Balaban J connectivity index is 1.42. The molecule has 7 heteroatoms. The maximum atomic E-state index is 12.5. The highest BCUT2D eigenvalue weighted by Crippen LogP contribution is 2.30. The second-order valence-electron chi connectivity index (χ2n) is 8.09. The predicted octanol–water partition coefficient (Wildman–Crippen LogP) is 5.39. The first kappa shape index (κ1) is 21.9. The molecule has 32 heavy (non-hydrogen) atoms. The summed E-state index contributed by atoms with van der Waals surface area (Å²) in [5.74, 6) is -0.171. The molecule has 1 heterocycles. The van der Waals surface area contributed by atoms with E-state index in [2.05, 4.69) is 5.32 Å². The van der Waals surface area contributed by atoms with Gasteiger partial charge in [-0.3, -0.25) is 9.10 Å². The van der Waals surface area contributed by atoms with Crippen molar-refractivity contribution in [3.8, 4) is 0 Å². The van der Waals surface area contributed by atoms with E-state index >= 15 is 0 Å². The third-order valence-electron chi connectivity index (χ3n) is 5.46. The molecule has 3 aromatic carbocycles. The summed E-state index contributed by atoms with van der Waals surface area (Å²) in [5, 5.41) is 4.92. The number of fused-ring (bicyclic) bond motifs is 3. The molecule has 1 amide bonds. The number of para-hydroxylation sites is 1. The summed E-state index contributed by atoms with van der Waals surface area (Å²) in [6.45, 7) is 4.04. The van der Waals surface area contributed by atoms with E-state index in [0.29, 0.717) is 23.4 Å². The van der Waals surface area contributed by atoms with Crippen molar-refractivity contribution in [3.63, 3.8) is 0 Å². The molecule has 166 valence electrons. The van der Waals surface area contributed by atoms with Crippen LogP contribution in [0.5, 0.6) is 0 Å². The molecule has 4 aromatic rings. The van der Waals surface area contributed by atoms with Crippen molar-refractivity contribution in [2.24, 2.45) is 0 Å². The first-order chi connectivity index (χ1) is 15.2. The summed E-state index contributed by atoms with van der Waals surface area (Å²) in [7, 11) is -3.46. The van der Waals surface area contributed by atoms with Gasteiger partial charge in [-0.05, 0) is 55.7 Å². The zero-order chi connectivity index (χ0) is 22.9. The maximum absolute atomic E-state index is 12.5. The van der Waals surface area contributed by atoms with E-state index in [1.54, 1.807) is 0 Å². The average Bonchev–Trinajstić information content (AvgIpc) is 3.10. The minimum atomic E-state index is -3.46. The van der Waals surface area contributed by atoms with Gasteiger partial charge in [0.15, 0.2) is 0 Å². The Morgan fingerprint density at radius 2 is 1.72 bits per heavy atom. The Labute approximate surface area is 187 Å². The number of hydrogen-bond acceptors (Lipinski definition) is 4. The van der Waals surface area contributed by atoms with E-state index < -0.39 is 10.0 Å². The topological polar surface area (TPSA) is 79.6 Å². The molecule has 4 rings (SSSR count). The molecule has 0 atom stereocenters. The van der Waals surface area contributed by atoms with E-state index in [4.69, 9.17) is 4.42 Å². The number of nitrogens with zero attached hydrogens (tertiary/aromatic N) is 1. The van der Waals surface area contributed by atoms with Gasteiger partial charge in [-0.2, -0.15) is 0 Å². The summed E-state index contributed by atoms with van der Waals surface area (Å²) in [6, 6.07) is 19.1. The van der Waals surface area contributed by atoms with Gasteiger partial charge in [-0.1, -0.05) is 30.3 Å². The number of amides is 1. The summed E-state index contributed by atoms with van der Waals surface area (Å²) in [6.07, 6.45) is 1.80. The van der Waals surface area contributed by atoms with Crippen molar-refractivity contribution in [2.45, 2.75) is 26.7 Å². The largest absolute Gasteiger partial charge is 0.456 e. The molecule has 1 N–H and O–H groups in total. The van der Waals surface area contributed by atoms with E-state index in [9.17, 15) is 13.2 Å². The minimum absolute atomic E-state index is 0.171. The minimum Gasteiger partial charge on any atom is -0.456 e. The van der Waals surface area contributed by atoms with Crippen molar-refractivity contribution >= 4 is 49.2 Å². The molecule has 0 aliphatic rings. The van der Waals surface area contributed by atoms with Crippen LogP contribution in [0.3, 0.4) is 0 Å². The summed E-state index contributed by atoms with van der Waals surface area (Å²) < 4.78 is 32.0. The second-order valence-corrected chi connectivity index (χ2v) is 9.99. The van der Waals surface area contributed by atoms with Crippen LogP contribution in [0, 0.1) is 13.8 Å². The lowest BCUT2D eigenvalue weighted by molar-refractivity contribution is -0.116. The summed E-state index contributed by atoms with van der Waals surface area (Å²) >= 11 is 0. The molecule has 0 fully saturated rings. The number of benzene rings is 3. The van der Waals surface area contributed by atoms with E-state index in [0.717, 1.165) is 27.5 Å². The van der Waals surface area contributed by atoms with Crippen LogP contribution in [0.1, 0.15) is 24.0 Å². The first-order valence-corrected chi connectivity index (χ1v) is 12.3. The number of nitrogens with one attached hydrogen (secondary N) is 1. The fraction of sp³-hybridized carbons (Fsp3) is 0.240. The van der Waals surface area contributed by atoms with Gasteiger partial charge in [0.05, 0.1) is 11.9 Å². The Morgan fingerprint density at radius 1 is 0.969 bits per heavy atom. The number of rotatable bonds is 7. The van der Waals surface area contributed by atoms with Gasteiger partial charge in [-0.15, -0.1) is 0 Å². The van der Waals surface area contributed by atoms with Gasteiger partial charge in [0.25, 0.3) is 0 Å². The maximum Gasteiger partial charge on any atom is 0.232 e. The molecule has 0 saturated carbocycles. The third-order valence-corrected chi connectivity index (χ3v) is 6.64. The Kier molecular flexibility index (Phi) is 5.93. The lowest BCUT2D eigenvalue weighted by Gasteiger charge is -2.24. The Hall–Kier alpha value is -3.32. The molecular weight excluding hydrogens is 424 g/mol. The van der Waals surface area contributed by atoms with Crippen LogP contribution >= 0.6 is 0 Å². The quantitative estimate of drug-likeness (QED) is 0.409. The van der Waals surface area contributed by atoms with Crippen LogP contribution in [0.25, 0.3) is 21.9 Å². The van der Waals surface area contributed by atoms with Crippen LogP contribution < -0.4 is 9.62 Å². The second kappa shape index (κ2) is 8.67. The van der Waals surface area contributed by atoms with E-state index in [-0.39, 0.29) is 18.9 Å². The number of carbonyl (C=O) groups excluding carboxylic acids is 1. The lowest BCUT2D eigenvalue weighted by Crippen LogP contribution is -2.32. The number of furan rings is 1. The smallest absolute Gasteiger partial charge is 0.232 e. The van der Waals surface area contributed by atoms with Gasteiger partial charge >= 0.3 is 0 Å². The van der Waals surface area contributed by atoms with Crippen LogP contribution in [0.4, 0.5) is 11.4 Å². The van der Waals surface area contributed by atoms with Gasteiger partial charge in [0.1, 0.15) is 11.2 Å². The molecule has 0 bridgehead atoms. The van der Waals surface area contributed by atoms with Crippen molar-refractivity contribution in [2.75, 3.05) is 22.4 Å². The van der Waals surface area contributed by atoms with E-state index in [1.807, 2.05) is 74.5 Å². The van der Waals surface area contributed by atoms with Gasteiger partial charge < -0.3 is 9.73 Å². The molecule has 0 radical (unpaired) electrons. The predicted molar refractivity (Wildman–Crippen MR) is 130 cm³/mol. The molecule has 0 saturated heterocycles. The van der Waals surface area contributed by atoms with Crippen molar-refractivity contribution < 1.29 is 17.6 Å². The molecular formula is C25H26N2O4S. The van der Waals surface area contributed by atoms with Crippen LogP contribution in [-0.2, 0) is 14.8 Å². The van der Waals surface area contributed by atoms with Crippen molar-refractivity contribution in [1.29, 1.82) is 0 Å².